The van der Waals surface area contributed by atoms with Crippen molar-refractivity contribution in [2.24, 2.45) is 0 Å². The quantitative estimate of drug-likeness (QED) is 0.772. The van der Waals surface area contributed by atoms with Gasteiger partial charge in [0.2, 0.25) is 6.41 Å². The summed E-state index contributed by atoms with van der Waals surface area (Å²) in [5.41, 5.74) is 0.344. The lowest BCUT2D eigenvalue weighted by Gasteiger charge is -2.41. The Morgan fingerprint density at radius 1 is 1.52 bits per heavy atom. The predicted molar refractivity (Wildman–Crippen MR) is 80.1 cm³/mol. The van der Waals surface area contributed by atoms with Gasteiger partial charge in [-0.3, -0.25) is 4.79 Å². The zero-order valence-corrected chi connectivity index (χ0v) is 13.4. The molecule has 0 radical (unpaired) electrons. The first-order valence-electron chi connectivity index (χ1n) is 6.52. The zero-order chi connectivity index (χ0) is 15.6. The Hall–Kier alpha value is -1.21. The van der Waals surface area contributed by atoms with Crippen molar-refractivity contribution < 1.29 is 18.3 Å². The fraction of sp³-hybridized carbons (Fsp3) is 0.500. The number of methoxy groups -OCH3 is 1. The summed E-state index contributed by atoms with van der Waals surface area (Å²) >= 11 is 3.29. The standard InChI is InChI=1S/C14H17BrF2N2O2/c1-18-6-5-13(14(16,17)8-18)19(9-20)11-7-10(15)3-4-12(11)21-2/h3-4,7,9,13H,5-6,8H2,1-2H3. The van der Waals surface area contributed by atoms with E-state index >= 15 is 0 Å². The van der Waals surface area contributed by atoms with Crippen LogP contribution in [0.4, 0.5) is 14.5 Å². The van der Waals surface area contributed by atoms with Crippen LogP contribution in [0.15, 0.2) is 22.7 Å². The minimum atomic E-state index is -2.97. The van der Waals surface area contributed by atoms with Gasteiger partial charge in [-0.2, -0.15) is 0 Å². The number of carbonyl (C=O) groups is 1. The number of ether oxygens (including phenoxy) is 1. The van der Waals surface area contributed by atoms with Crippen LogP contribution in [0.3, 0.4) is 0 Å². The van der Waals surface area contributed by atoms with Crippen LogP contribution in [-0.2, 0) is 4.79 Å². The maximum absolute atomic E-state index is 14.3. The van der Waals surface area contributed by atoms with Crippen LogP contribution in [0.25, 0.3) is 0 Å². The van der Waals surface area contributed by atoms with E-state index in [1.54, 1.807) is 30.1 Å². The Balaban J connectivity index is 2.40. The van der Waals surface area contributed by atoms with E-state index in [9.17, 15) is 13.6 Å². The van der Waals surface area contributed by atoms with Gasteiger partial charge >= 0.3 is 0 Å². The van der Waals surface area contributed by atoms with Crippen LogP contribution in [0, 0.1) is 0 Å². The van der Waals surface area contributed by atoms with Gasteiger partial charge in [0.15, 0.2) is 0 Å². The SMILES string of the molecule is COc1ccc(Br)cc1N(C=O)C1CCN(C)CC1(F)F. The molecular weight excluding hydrogens is 346 g/mol. The summed E-state index contributed by atoms with van der Waals surface area (Å²) in [6.07, 6.45) is 0.659. The number of anilines is 1. The van der Waals surface area contributed by atoms with Gasteiger partial charge in [0.1, 0.15) is 11.8 Å². The highest BCUT2D eigenvalue weighted by molar-refractivity contribution is 9.10. The number of nitrogens with zero attached hydrogens (tertiary/aromatic N) is 2. The van der Waals surface area contributed by atoms with Gasteiger partial charge in [-0.25, -0.2) is 8.78 Å². The lowest BCUT2D eigenvalue weighted by atomic mass is 9.99. The Kier molecular flexibility index (Phi) is 4.83. The molecule has 0 aliphatic carbocycles. The Labute approximate surface area is 130 Å². The number of likely N-dealkylation sites (tertiary alicyclic amines) is 1. The number of piperidine rings is 1. The Bertz CT molecular complexity index is 528. The number of hydrogen-bond acceptors (Lipinski definition) is 3. The van der Waals surface area contributed by atoms with Gasteiger partial charge in [-0.15, -0.1) is 0 Å². The number of halogens is 3. The molecule has 0 saturated carbocycles. The van der Waals surface area contributed by atoms with E-state index in [1.807, 2.05) is 0 Å². The van der Waals surface area contributed by atoms with Gasteiger partial charge in [-0.05, 0) is 31.7 Å². The molecule has 1 atom stereocenters. The summed E-state index contributed by atoms with van der Waals surface area (Å²) in [5, 5.41) is 0. The second-order valence-electron chi connectivity index (χ2n) is 5.13. The highest BCUT2D eigenvalue weighted by Crippen LogP contribution is 2.38. The number of amides is 1. The molecule has 1 aliphatic rings. The van der Waals surface area contributed by atoms with Crippen molar-refractivity contribution in [1.82, 2.24) is 4.90 Å². The highest BCUT2D eigenvalue weighted by Gasteiger charge is 2.47. The number of benzene rings is 1. The smallest absolute Gasteiger partial charge is 0.280 e. The van der Waals surface area contributed by atoms with Crippen LogP contribution in [0.5, 0.6) is 5.75 Å². The third kappa shape index (κ3) is 3.35. The maximum atomic E-state index is 14.3. The highest BCUT2D eigenvalue weighted by atomic mass is 79.9. The summed E-state index contributed by atoms with van der Waals surface area (Å²) in [4.78, 5) is 14.1. The monoisotopic (exact) mass is 362 g/mol. The van der Waals surface area contributed by atoms with Crippen LogP contribution in [0.1, 0.15) is 6.42 Å². The fourth-order valence-corrected chi connectivity index (χ4v) is 2.95. The average molecular weight is 363 g/mol. The van der Waals surface area contributed by atoms with Crippen molar-refractivity contribution >= 4 is 28.0 Å². The van der Waals surface area contributed by atoms with Crippen molar-refractivity contribution in [3.8, 4) is 5.75 Å². The molecule has 0 bridgehead atoms. The van der Waals surface area contributed by atoms with Crippen LogP contribution >= 0.6 is 15.9 Å². The number of alkyl halides is 2. The number of rotatable bonds is 4. The van der Waals surface area contributed by atoms with Crippen molar-refractivity contribution in [1.29, 1.82) is 0 Å². The van der Waals surface area contributed by atoms with E-state index in [0.29, 0.717) is 28.9 Å². The molecule has 4 nitrogen and oxygen atoms in total. The predicted octanol–water partition coefficient (Wildman–Crippen LogP) is 2.76. The molecule has 116 valence electrons. The van der Waals surface area contributed by atoms with Gasteiger partial charge in [0.05, 0.1) is 19.3 Å². The summed E-state index contributed by atoms with van der Waals surface area (Å²) < 4.78 is 34.4. The van der Waals surface area contributed by atoms with Crippen molar-refractivity contribution in [2.45, 2.75) is 18.4 Å². The topological polar surface area (TPSA) is 32.8 Å². The van der Waals surface area contributed by atoms with E-state index < -0.39 is 12.0 Å². The molecule has 0 spiro atoms. The maximum Gasteiger partial charge on any atom is 0.280 e. The van der Waals surface area contributed by atoms with Crippen LogP contribution in [-0.4, -0.2) is 50.5 Å². The summed E-state index contributed by atoms with van der Waals surface area (Å²) in [7, 11) is 3.09. The molecule has 1 amide bonds. The Morgan fingerprint density at radius 2 is 2.24 bits per heavy atom. The summed E-state index contributed by atoms with van der Waals surface area (Å²) in [5.74, 6) is -2.58. The van der Waals surface area contributed by atoms with E-state index in [4.69, 9.17) is 4.74 Å². The summed E-state index contributed by atoms with van der Waals surface area (Å²) in [6.45, 7) is 0.152. The zero-order valence-electron chi connectivity index (χ0n) is 11.9. The number of carbonyl (C=O) groups excluding carboxylic acids is 1. The second-order valence-corrected chi connectivity index (χ2v) is 6.05. The molecule has 1 aliphatic heterocycles. The minimum Gasteiger partial charge on any atom is -0.495 e. The molecule has 0 N–H and O–H groups in total. The normalized spacial score (nSPS) is 21.9. The molecular formula is C14H17BrF2N2O2. The van der Waals surface area contributed by atoms with Crippen LogP contribution in [0.2, 0.25) is 0 Å². The van der Waals surface area contributed by atoms with E-state index in [1.165, 1.54) is 7.11 Å². The van der Waals surface area contributed by atoms with E-state index in [2.05, 4.69) is 15.9 Å². The van der Waals surface area contributed by atoms with Crippen LogP contribution < -0.4 is 9.64 Å². The van der Waals surface area contributed by atoms with Crippen molar-refractivity contribution in [2.75, 3.05) is 32.1 Å². The van der Waals surface area contributed by atoms with Gasteiger partial charge < -0.3 is 14.5 Å². The largest absolute Gasteiger partial charge is 0.495 e. The first kappa shape index (κ1) is 16.2. The molecule has 1 heterocycles. The second kappa shape index (κ2) is 6.27. The molecule has 0 aromatic heterocycles. The molecule has 2 rings (SSSR count). The molecule has 1 unspecified atom stereocenters. The van der Waals surface area contributed by atoms with E-state index in [-0.39, 0.29) is 13.0 Å². The van der Waals surface area contributed by atoms with Gasteiger partial charge in [0.25, 0.3) is 5.92 Å². The molecule has 21 heavy (non-hydrogen) atoms. The Morgan fingerprint density at radius 3 is 2.81 bits per heavy atom. The minimum absolute atomic E-state index is 0.206. The van der Waals surface area contributed by atoms with E-state index in [0.717, 1.165) is 4.90 Å². The summed E-state index contributed by atoms with van der Waals surface area (Å²) in [6, 6.07) is 3.82. The lowest BCUT2D eigenvalue weighted by Crippen LogP contribution is -2.57. The fourth-order valence-electron chi connectivity index (χ4n) is 2.60. The third-order valence-electron chi connectivity index (χ3n) is 3.62. The molecule has 1 saturated heterocycles. The third-order valence-corrected chi connectivity index (χ3v) is 4.11. The van der Waals surface area contributed by atoms with Crippen molar-refractivity contribution in [3.05, 3.63) is 22.7 Å². The van der Waals surface area contributed by atoms with Gasteiger partial charge in [0, 0.05) is 11.0 Å². The molecule has 1 fully saturated rings. The average Bonchev–Trinajstić information content (AvgIpc) is 2.41. The molecule has 1 aromatic carbocycles. The molecule has 1 aromatic rings. The lowest BCUT2D eigenvalue weighted by molar-refractivity contribution is -0.113. The molecule has 7 heteroatoms. The number of hydrogen-bond donors (Lipinski definition) is 0. The van der Waals surface area contributed by atoms with Crippen molar-refractivity contribution in [3.63, 3.8) is 0 Å². The van der Waals surface area contributed by atoms with Gasteiger partial charge in [-0.1, -0.05) is 15.9 Å². The first-order valence-corrected chi connectivity index (χ1v) is 7.32. The first-order chi connectivity index (χ1) is 9.89.